The Morgan fingerprint density at radius 3 is 1.37 bits per heavy atom. The van der Waals surface area contributed by atoms with E-state index in [1.807, 2.05) is 72.8 Å². The van der Waals surface area contributed by atoms with Crippen molar-refractivity contribution in [3.8, 4) is 0 Å². The van der Waals surface area contributed by atoms with Gasteiger partial charge in [0.2, 0.25) is 0 Å². The summed E-state index contributed by atoms with van der Waals surface area (Å²) in [7, 11) is 0. The second-order valence-corrected chi connectivity index (χ2v) is 9.89. The van der Waals surface area contributed by atoms with E-state index < -0.39 is 11.9 Å². The van der Waals surface area contributed by atoms with Crippen LogP contribution in [0.15, 0.2) is 106 Å². The lowest BCUT2D eigenvalue weighted by atomic mass is 9.99. The molecule has 6 aromatic carbocycles. The van der Waals surface area contributed by atoms with Crippen LogP contribution in [0.2, 0.25) is 0 Å². The Hall–Kier alpha value is -3.54. The number of halogens is 2. The molecule has 0 aliphatic heterocycles. The molecule has 0 saturated carbocycles. The number of benzene rings is 6. The van der Waals surface area contributed by atoms with Gasteiger partial charge < -0.3 is 4.74 Å². The quantitative estimate of drug-likeness (QED) is 0.116. The molecule has 0 saturated heterocycles. The van der Waals surface area contributed by atoms with Crippen molar-refractivity contribution in [3.05, 3.63) is 117 Å². The van der Waals surface area contributed by atoms with E-state index >= 15 is 0 Å². The minimum Gasteiger partial charge on any atom is -0.386 e. The Kier molecular flexibility index (Phi) is 5.39. The molecule has 6 aromatic rings. The van der Waals surface area contributed by atoms with Gasteiger partial charge in [-0.3, -0.25) is 0 Å². The van der Waals surface area contributed by atoms with E-state index in [0.29, 0.717) is 21.9 Å². The Morgan fingerprint density at radius 2 is 0.914 bits per heavy atom. The van der Waals surface area contributed by atoms with Crippen molar-refractivity contribution in [3.63, 3.8) is 0 Å². The van der Waals surface area contributed by atoms with Gasteiger partial charge in [-0.25, -0.2) is 9.59 Å². The maximum Gasteiger partial charge on any atom is 0.346 e. The van der Waals surface area contributed by atoms with Gasteiger partial charge in [-0.15, -0.1) is 0 Å². The number of hydrogen-bond donors (Lipinski definition) is 0. The minimum atomic E-state index is -0.689. The smallest absolute Gasteiger partial charge is 0.346 e. The third-order valence-corrected chi connectivity index (χ3v) is 7.92. The largest absolute Gasteiger partial charge is 0.386 e. The van der Waals surface area contributed by atoms with Gasteiger partial charge in [0.25, 0.3) is 0 Å². The van der Waals surface area contributed by atoms with E-state index in [9.17, 15) is 9.59 Å². The maximum atomic E-state index is 13.3. The molecule has 0 heterocycles. The van der Waals surface area contributed by atoms with Crippen LogP contribution in [0.5, 0.6) is 0 Å². The molecule has 0 radical (unpaired) electrons. The highest BCUT2D eigenvalue weighted by Crippen LogP contribution is 2.37. The molecule has 0 aliphatic carbocycles. The van der Waals surface area contributed by atoms with Gasteiger partial charge in [0.05, 0.1) is 11.1 Å². The van der Waals surface area contributed by atoms with Crippen LogP contribution in [-0.4, -0.2) is 11.9 Å². The molecule has 0 atom stereocenters. The normalized spacial score (nSPS) is 11.4. The van der Waals surface area contributed by atoms with E-state index in [1.165, 1.54) is 0 Å². The predicted molar refractivity (Wildman–Crippen MR) is 148 cm³/mol. The summed E-state index contributed by atoms with van der Waals surface area (Å²) in [5.74, 6) is -1.38. The van der Waals surface area contributed by atoms with Crippen molar-refractivity contribution in [1.29, 1.82) is 0 Å². The van der Waals surface area contributed by atoms with E-state index in [0.717, 1.165) is 41.3 Å². The summed E-state index contributed by atoms with van der Waals surface area (Å²) in [5, 5.41) is 7.28. The van der Waals surface area contributed by atoms with Crippen LogP contribution in [0.25, 0.3) is 43.1 Å². The summed E-state index contributed by atoms with van der Waals surface area (Å²) in [4.78, 5) is 26.6. The van der Waals surface area contributed by atoms with Crippen LogP contribution in [0, 0.1) is 0 Å². The summed E-state index contributed by atoms with van der Waals surface area (Å²) in [6.07, 6.45) is 0. The molecule has 0 N–H and O–H groups in total. The Labute approximate surface area is 217 Å². The van der Waals surface area contributed by atoms with Crippen molar-refractivity contribution in [2.24, 2.45) is 0 Å². The third kappa shape index (κ3) is 3.63. The molecule has 3 nitrogen and oxygen atoms in total. The summed E-state index contributed by atoms with van der Waals surface area (Å²) in [6, 6.07) is 30.8. The van der Waals surface area contributed by atoms with Crippen molar-refractivity contribution in [2.45, 2.75) is 0 Å². The van der Waals surface area contributed by atoms with Gasteiger partial charge in [0, 0.05) is 19.7 Å². The highest BCUT2D eigenvalue weighted by atomic mass is 79.9. The fraction of sp³-hybridized carbons (Fsp3) is 0. The topological polar surface area (TPSA) is 43.4 Å². The Morgan fingerprint density at radius 1 is 0.514 bits per heavy atom. The highest BCUT2D eigenvalue weighted by Gasteiger charge is 2.22. The maximum absolute atomic E-state index is 13.3. The SMILES string of the molecule is O=C(OC(=O)c1cccc2cc3ccccc3c(Br)c12)c1cccc2cc3ccccc3c(Br)c12. The molecule has 0 aliphatic rings. The van der Waals surface area contributed by atoms with Crippen molar-refractivity contribution in [1.82, 2.24) is 0 Å². The van der Waals surface area contributed by atoms with E-state index in [2.05, 4.69) is 31.9 Å². The highest BCUT2D eigenvalue weighted by molar-refractivity contribution is 9.11. The number of hydrogen-bond acceptors (Lipinski definition) is 3. The molecule has 0 bridgehead atoms. The summed E-state index contributed by atoms with van der Waals surface area (Å²) in [6.45, 7) is 0. The van der Waals surface area contributed by atoms with Gasteiger partial charge >= 0.3 is 11.9 Å². The van der Waals surface area contributed by atoms with Crippen LogP contribution in [0.3, 0.4) is 0 Å². The number of ether oxygens (including phenoxy) is 1. The van der Waals surface area contributed by atoms with Crippen LogP contribution in [-0.2, 0) is 4.74 Å². The first kappa shape index (κ1) is 22.0. The lowest BCUT2D eigenvalue weighted by molar-refractivity contribution is 0.0400. The lowest BCUT2D eigenvalue weighted by Crippen LogP contribution is -2.14. The first-order valence-corrected chi connectivity index (χ1v) is 12.6. The number of fused-ring (bicyclic) bond motifs is 4. The van der Waals surface area contributed by atoms with Gasteiger partial charge in [-0.2, -0.15) is 0 Å². The molecule has 0 fully saturated rings. The van der Waals surface area contributed by atoms with Crippen molar-refractivity contribution < 1.29 is 14.3 Å². The zero-order valence-corrected chi connectivity index (χ0v) is 21.4. The molecule has 5 heteroatoms. The first-order chi connectivity index (χ1) is 17.0. The molecular formula is C30H16Br2O3. The fourth-order valence-electron chi connectivity index (χ4n) is 4.66. The van der Waals surface area contributed by atoms with E-state index in [-0.39, 0.29) is 0 Å². The van der Waals surface area contributed by atoms with Gasteiger partial charge in [-0.1, -0.05) is 72.8 Å². The summed E-state index contributed by atoms with van der Waals surface area (Å²) >= 11 is 7.36. The average molecular weight is 584 g/mol. The molecular weight excluding hydrogens is 568 g/mol. The zero-order valence-electron chi connectivity index (χ0n) is 18.2. The monoisotopic (exact) mass is 582 g/mol. The molecule has 0 aromatic heterocycles. The zero-order chi connectivity index (χ0) is 24.1. The van der Waals surface area contributed by atoms with Crippen LogP contribution < -0.4 is 0 Å². The molecule has 6 rings (SSSR count). The molecule has 35 heavy (non-hydrogen) atoms. The minimum absolute atomic E-state index is 0.332. The third-order valence-electron chi connectivity index (χ3n) is 6.27. The van der Waals surface area contributed by atoms with Gasteiger partial charge in [0.1, 0.15) is 0 Å². The van der Waals surface area contributed by atoms with Crippen LogP contribution in [0.4, 0.5) is 0 Å². The molecule has 0 spiro atoms. The number of carbonyl (C=O) groups is 2. The second kappa shape index (κ2) is 8.59. The molecule has 168 valence electrons. The number of rotatable bonds is 2. The van der Waals surface area contributed by atoms with Crippen molar-refractivity contribution in [2.75, 3.05) is 0 Å². The van der Waals surface area contributed by atoms with Crippen molar-refractivity contribution >= 4 is 86.9 Å². The molecule has 0 amide bonds. The number of esters is 2. The number of carbonyl (C=O) groups excluding carboxylic acids is 2. The van der Waals surface area contributed by atoms with E-state index in [1.54, 1.807) is 24.3 Å². The van der Waals surface area contributed by atoms with Crippen LogP contribution in [0.1, 0.15) is 20.7 Å². The second-order valence-electron chi connectivity index (χ2n) is 8.31. The first-order valence-electron chi connectivity index (χ1n) is 11.0. The standard InChI is InChI=1S/C30H16Br2O3/c31-27-21-11-3-1-7-17(21)15-19-9-5-13-23(25(19)27)29(33)35-30(34)24-14-6-10-20-16-18-8-2-4-12-22(18)28(32)26(20)24/h1-16H. The van der Waals surface area contributed by atoms with E-state index in [4.69, 9.17) is 4.74 Å². The fourth-order valence-corrected chi connectivity index (χ4v) is 6.26. The average Bonchev–Trinajstić information content (AvgIpc) is 2.88. The van der Waals surface area contributed by atoms with Gasteiger partial charge in [-0.05, 0) is 88.4 Å². The van der Waals surface area contributed by atoms with Gasteiger partial charge in [0.15, 0.2) is 0 Å². The molecule has 0 unspecified atom stereocenters. The predicted octanol–water partition coefficient (Wildman–Crippen LogP) is 8.82. The lowest BCUT2D eigenvalue weighted by Gasteiger charge is -2.12. The Bertz CT molecular complexity index is 1700. The summed E-state index contributed by atoms with van der Waals surface area (Å²) in [5.41, 5.74) is 0.663. The van der Waals surface area contributed by atoms with Crippen LogP contribution >= 0.6 is 31.9 Å². The Balaban J connectivity index is 1.45. The summed E-state index contributed by atoms with van der Waals surface area (Å²) < 4.78 is 7.05.